The molecule has 0 saturated heterocycles. The molecule has 0 radical (unpaired) electrons. The van der Waals surface area contributed by atoms with E-state index in [-0.39, 0.29) is 5.91 Å². The maximum atomic E-state index is 12.5. The second-order valence-corrected chi connectivity index (χ2v) is 7.57. The number of fused-ring (bicyclic) bond motifs is 2. The highest BCUT2D eigenvalue weighted by atomic mass is 32.2. The summed E-state index contributed by atoms with van der Waals surface area (Å²) >= 11 is 1.53. The van der Waals surface area contributed by atoms with Crippen LogP contribution in [-0.2, 0) is 28.2 Å². The number of rotatable bonds is 4. The van der Waals surface area contributed by atoms with Crippen LogP contribution in [0.2, 0.25) is 0 Å². The molecule has 1 aromatic heterocycles. The van der Waals surface area contributed by atoms with Crippen molar-refractivity contribution in [3.8, 4) is 0 Å². The van der Waals surface area contributed by atoms with Gasteiger partial charge in [0.25, 0.3) is 5.91 Å². The minimum atomic E-state index is -0.469. The van der Waals surface area contributed by atoms with Gasteiger partial charge in [-0.1, -0.05) is 23.9 Å². The highest BCUT2D eigenvalue weighted by molar-refractivity contribution is 8.14. The summed E-state index contributed by atoms with van der Waals surface area (Å²) in [4.78, 5) is 21.4. The topological polar surface area (TPSA) is 98.8 Å². The molecule has 1 amide bonds. The molecule has 1 aromatic carbocycles. The smallest absolute Gasteiger partial charge is 0.274 e. The van der Waals surface area contributed by atoms with E-state index in [1.165, 1.54) is 11.8 Å². The first-order chi connectivity index (χ1) is 13.1. The van der Waals surface area contributed by atoms with Gasteiger partial charge in [0, 0.05) is 24.7 Å². The van der Waals surface area contributed by atoms with E-state index in [9.17, 15) is 4.79 Å². The van der Waals surface area contributed by atoms with Gasteiger partial charge in [0.05, 0.1) is 19.8 Å². The Hall–Kier alpha value is -2.42. The van der Waals surface area contributed by atoms with Crippen LogP contribution >= 0.6 is 11.8 Å². The molecule has 0 fully saturated rings. The monoisotopic (exact) mass is 384 g/mol. The molecule has 1 atom stereocenters. The normalized spacial score (nSPS) is 21.0. The van der Waals surface area contributed by atoms with Crippen LogP contribution in [-0.4, -0.2) is 35.5 Å². The molecule has 4 rings (SSSR count). The molecular formula is C19H20N4O3S. The zero-order valence-electron chi connectivity index (χ0n) is 14.9. The maximum absolute atomic E-state index is 12.5. The van der Waals surface area contributed by atoms with E-state index in [0.29, 0.717) is 36.4 Å². The molecule has 8 heteroatoms. The third kappa shape index (κ3) is 3.55. The number of nitrogens with zero attached hydrogens (tertiary/aromatic N) is 2. The van der Waals surface area contributed by atoms with Crippen LogP contribution in [0.1, 0.15) is 27.2 Å². The molecule has 0 aliphatic carbocycles. The Balaban J connectivity index is 1.57. The number of hydrogen-bond acceptors (Lipinski definition) is 7. The average Bonchev–Trinajstić information content (AvgIpc) is 3.04. The van der Waals surface area contributed by atoms with Crippen molar-refractivity contribution in [2.75, 3.05) is 24.8 Å². The summed E-state index contributed by atoms with van der Waals surface area (Å²) < 4.78 is 10.8. The number of anilines is 1. The Kier molecular flexibility index (Phi) is 4.86. The second kappa shape index (κ2) is 7.30. The summed E-state index contributed by atoms with van der Waals surface area (Å²) in [6.45, 7) is 1.49. The molecule has 3 N–H and O–H groups in total. The fourth-order valence-electron chi connectivity index (χ4n) is 3.31. The summed E-state index contributed by atoms with van der Waals surface area (Å²) in [5.41, 5.74) is 9.52. The molecule has 2 aliphatic rings. The van der Waals surface area contributed by atoms with E-state index in [2.05, 4.69) is 15.3 Å². The lowest BCUT2D eigenvalue weighted by molar-refractivity contribution is 0.0634. The Morgan fingerprint density at radius 1 is 1.41 bits per heavy atom. The van der Waals surface area contributed by atoms with E-state index < -0.39 is 5.54 Å². The van der Waals surface area contributed by atoms with Crippen molar-refractivity contribution in [2.24, 2.45) is 10.7 Å². The molecule has 3 heterocycles. The van der Waals surface area contributed by atoms with Crippen LogP contribution in [0.25, 0.3) is 0 Å². The predicted octanol–water partition coefficient (Wildman–Crippen LogP) is 2.27. The first kappa shape index (κ1) is 18.0. The standard InChI is InChI=1S/C19H20N4O3S/c1-25-8-12-2-5-16(21-7-12)17(24)22-14-4-3-13-9-26-10-19(15(13)6-14)11-27-18(20)23-19/h2-7H,8-11H2,1H3,(H2,20,23)(H,22,24). The Morgan fingerprint density at radius 2 is 2.30 bits per heavy atom. The SMILES string of the molecule is COCc1ccc(C(=O)Nc2ccc3c(c2)C2(COC3)CSC(N)=N2)nc1. The van der Waals surface area contributed by atoms with Crippen molar-refractivity contribution in [2.45, 2.75) is 18.8 Å². The summed E-state index contributed by atoms with van der Waals surface area (Å²) in [6, 6.07) is 9.33. The lowest BCUT2D eigenvalue weighted by Gasteiger charge is -2.32. The van der Waals surface area contributed by atoms with E-state index in [1.807, 2.05) is 24.3 Å². The van der Waals surface area contributed by atoms with Crippen molar-refractivity contribution in [3.63, 3.8) is 0 Å². The van der Waals surface area contributed by atoms with Crippen molar-refractivity contribution in [3.05, 3.63) is 58.9 Å². The first-order valence-corrected chi connectivity index (χ1v) is 9.53. The number of benzene rings is 1. The molecule has 1 unspecified atom stereocenters. The van der Waals surface area contributed by atoms with Gasteiger partial charge < -0.3 is 20.5 Å². The fraction of sp³-hybridized carbons (Fsp3) is 0.316. The number of aromatic nitrogens is 1. The number of nitrogens with one attached hydrogen (secondary N) is 1. The number of nitrogens with two attached hydrogens (primary N) is 1. The van der Waals surface area contributed by atoms with Crippen molar-refractivity contribution in [1.29, 1.82) is 0 Å². The number of carbonyl (C=O) groups excluding carboxylic acids is 1. The summed E-state index contributed by atoms with van der Waals surface area (Å²) in [6.07, 6.45) is 1.64. The number of hydrogen-bond donors (Lipinski definition) is 2. The van der Waals surface area contributed by atoms with Gasteiger partial charge >= 0.3 is 0 Å². The number of amidine groups is 1. The number of ether oxygens (including phenoxy) is 2. The van der Waals surface area contributed by atoms with E-state index in [4.69, 9.17) is 15.2 Å². The predicted molar refractivity (Wildman–Crippen MR) is 105 cm³/mol. The van der Waals surface area contributed by atoms with Gasteiger partial charge in [-0.25, -0.2) is 4.99 Å². The molecule has 2 aromatic rings. The molecule has 0 saturated carbocycles. The van der Waals surface area contributed by atoms with Crippen LogP contribution in [0, 0.1) is 0 Å². The number of carbonyl (C=O) groups is 1. The fourth-order valence-corrected chi connectivity index (χ4v) is 4.24. The van der Waals surface area contributed by atoms with E-state index >= 15 is 0 Å². The molecule has 7 nitrogen and oxygen atoms in total. The lowest BCUT2D eigenvalue weighted by atomic mass is 9.87. The largest absolute Gasteiger partial charge is 0.380 e. The van der Waals surface area contributed by atoms with Gasteiger partial charge in [-0.05, 0) is 34.9 Å². The van der Waals surface area contributed by atoms with Gasteiger partial charge in [0.2, 0.25) is 0 Å². The Bertz CT molecular complexity index is 900. The van der Waals surface area contributed by atoms with Crippen LogP contribution in [0.5, 0.6) is 0 Å². The maximum Gasteiger partial charge on any atom is 0.274 e. The molecule has 27 heavy (non-hydrogen) atoms. The van der Waals surface area contributed by atoms with Crippen molar-refractivity contribution >= 4 is 28.5 Å². The second-order valence-electron chi connectivity index (χ2n) is 6.57. The third-order valence-corrected chi connectivity index (χ3v) is 5.63. The highest BCUT2D eigenvalue weighted by Crippen LogP contribution is 2.41. The van der Waals surface area contributed by atoms with Gasteiger partial charge in [0.15, 0.2) is 5.17 Å². The van der Waals surface area contributed by atoms with E-state index in [0.717, 1.165) is 22.4 Å². The van der Waals surface area contributed by atoms with Crippen LogP contribution < -0.4 is 11.1 Å². The zero-order chi connectivity index (χ0) is 18.9. The van der Waals surface area contributed by atoms with Crippen molar-refractivity contribution < 1.29 is 14.3 Å². The Labute approximate surface area is 161 Å². The minimum Gasteiger partial charge on any atom is -0.380 e. The molecule has 0 bridgehead atoms. The molecule has 140 valence electrons. The zero-order valence-corrected chi connectivity index (χ0v) is 15.7. The summed E-state index contributed by atoms with van der Waals surface area (Å²) in [5.74, 6) is 0.481. The van der Waals surface area contributed by atoms with Crippen LogP contribution in [0.15, 0.2) is 41.5 Å². The molecule has 2 aliphatic heterocycles. The Morgan fingerprint density at radius 3 is 3.00 bits per heavy atom. The number of methoxy groups -OCH3 is 1. The number of thioether (sulfide) groups is 1. The average molecular weight is 384 g/mol. The lowest BCUT2D eigenvalue weighted by Crippen LogP contribution is -2.35. The number of amides is 1. The van der Waals surface area contributed by atoms with Crippen LogP contribution in [0.3, 0.4) is 0 Å². The third-order valence-electron chi connectivity index (χ3n) is 4.62. The van der Waals surface area contributed by atoms with Gasteiger partial charge in [-0.2, -0.15) is 0 Å². The minimum absolute atomic E-state index is 0.260. The van der Waals surface area contributed by atoms with Crippen LogP contribution in [0.4, 0.5) is 5.69 Å². The van der Waals surface area contributed by atoms with E-state index in [1.54, 1.807) is 19.4 Å². The van der Waals surface area contributed by atoms with Gasteiger partial charge in [-0.3, -0.25) is 9.78 Å². The van der Waals surface area contributed by atoms with Gasteiger partial charge in [-0.15, -0.1) is 0 Å². The van der Waals surface area contributed by atoms with Gasteiger partial charge in [0.1, 0.15) is 11.2 Å². The quantitative estimate of drug-likeness (QED) is 0.839. The number of pyridine rings is 1. The van der Waals surface area contributed by atoms with Crippen molar-refractivity contribution in [1.82, 2.24) is 4.98 Å². The first-order valence-electron chi connectivity index (χ1n) is 8.54. The molecular weight excluding hydrogens is 364 g/mol. The summed E-state index contributed by atoms with van der Waals surface area (Å²) in [7, 11) is 1.62. The molecule has 1 spiro atoms. The highest BCUT2D eigenvalue weighted by Gasteiger charge is 2.41. The summed E-state index contributed by atoms with van der Waals surface area (Å²) in [5, 5.41) is 3.49. The number of aliphatic imine (C=N–C) groups is 1.